The van der Waals surface area contributed by atoms with E-state index >= 15 is 0 Å². The fourth-order valence-electron chi connectivity index (χ4n) is 2.33. The van der Waals surface area contributed by atoms with Crippen LogP contribution >= 0.6 is 35.4 Å². The topological polar surface area (TPSA) is 33.6 Å². The molecule has 3 rings (SSSR count). The minimum Gasteiger partial charge on any atom is -0.272 e. The molecular formula is C16H13Cl2N3S. The predicted octanol–water partition coefficient (Wildman–Crippen LogP) is 5.02. The van der Waals surface area contributed by atoms with Crippen LogP contribution in [0, 0.1) is 4.77 Å². The lowest BCUT2D eigenvalue weighted by Gasteiger charge is -2.08. The van der Waals surface area contributed by atoms with Gasteiger partial charge in [-0.15, -0.1) is 0 Å². The van der Waals surface area contributed by atoms with E-state index in [1.54, 1.807) is 6.07 Å². The molecule has 0 spiro atoms. The van der Waals surface area contributed by atoms with Gasteiger partial charge in [0.25, 0.3) is 0 Å². The Hall–Kier alpha value is -1.62. The monoisotopic (exact) mass is 349 g/mol. The molecule has 0 fully saturated rings. The fourth-order valence-corrected chi connectivity index (χ4v) is 3.10. The van der Waals surface area contributed by atoms with Gasteiger partial charge in [0.15, 0.2) is 4.77 Å². The van der Waals surface area contributed by atoms with Crippen molar-refractivity contribution in [3.05, 3.63) is 74.7 Å². The van der Waals surface area contributed by atoms with E-state index in [2.05, 4.69) is 22.3 Å². The molecule has 0 atom stereocenters. The molecule has 0 amide bonds. The standard InChI is InChI=1S/C16H13Cl2N3S/c17-12-8-13(18)10-14(9-12)21-15(19-20-16(21)22)7-6-11-4-2-1-3-5-11/h1-5,8-10H,6-7H2,(H,20,22). The third kappa shape index (κ3) is 3.40. The number of nitrogens with one attached hydrogen (secondary N) is 1. The number of halogens is 2. The number of hydrogen-bond donors (Lipinski definition) is 1. The lowest BCUT2D eigenvalue weighted by molar-refractivity contribution is 0.820. The van der Waals surface area contributed by atoms with Crippen molar-refractivity contribution >= 4 is 35.4 Å². The third-order valence-electron chi connectivity index (χ3n) is 3.33. The molecule has 0 saturated carbocycles. The summed E-state index contributed by atoms with van der Waals surface area (Å²) in [5.41, 5.74) is 2.08. The molecule has 1 heterocycles. The van der Waals surface area contributed by atoms with Gasteiger partial charge in [-0.25, -0.2) is 0 Å². The highest BCUT2D eigenvalue weighted by atomic mass is 35.5. The molecule has 0 bridgehead atoms. The first-order valence-corrected chi connectivity index (χ1v) is 7.96. The maximum absolute atomic E-state index is 6.08. The van der Waals surface area contributed by atoms with Crippen molar-refractivity contribution in [3.63, 3.8) is 0 Å². The fraction of sp³-hybridized carbons (Fsp3) is 0.125. The van der Waals surface area contributed by atoms with E-state index in [0.717, 1.165) is 24.4 Å². The Balaban J connectivity index is 1.92. The molecule has 3 nitrogen and oxygen atoms in total. The maximum atomic E-state index is 6.08. The molecule has 0 aliphatic rings. The molecule has 6 heteroatoms. The van der Waals surface area contributed by atoms with Gasteiger partial charge in [-0.05, 0) is 42.4 Å². The molecular weight excluding hydrogens is 337 g/mol. The van der Waals surface area contributed by atoms with Gasteiger partial charge in [-0.2, -0.15) is 5.10 Å². The van der Waals surface area contributed by atoms with Crippen LogP contribution in [-0.4, -0.2) is 14.8 Å². The van der Waals surface area contributed by atoms with Crippen molar-refractivity contribution in [2.75, 3.05) is 0 Å². The molecule has 0 unspecified atom stereocenters. The highest BCUT2D eigenvalue weighted by Gasteiger charge is 2.10. The van der Waals surface area contributed by atoms with Crippen LogP contribution < -0.4 is 0 Å². The van der Waals surface area contributed by atoms with Gasteiger partial charge >= 0.3 is 0 Å². The van der Waals surface area contributed by atoms with Crippen LogP contribution in [0.4, 0.5) is 0 Å². The van der Waals surface area contributed by atoms with Crippen LogP contribution in [0.25, 0.3) is 5.69 Å². The number of H-pyrrole nitrogens is 1. The largest absolute Gasteiger partial charge is 0.272 e. The van der Waals surface area contributed by atoms with Crippen LogP contribution in [0.15, 0.2) is 48.5 Å². The summed E-state index contributed by atoms with van der Waals surface area (Å²) in [7, 11) is 0. The number of benzene rings is 2. The number of aryl methyl sites for hydroxylation is 2. The van der Waals surface area contributed by atoms with Crippen molar-refractivity contribution in [1.82, 2.24) is 14.8 Å². The summed E-state index contributed by atoms with van der Waals surface area (Å²) < 4.78 is 2.40. The molecule has 0 aliphatic heterocycles. The Morgan fingerprint density at radius 1 is 1.00 bits per heavy atom. The zero-order valence-electron chi connectivity index (χ0n) is 11.6. The minimum absolute atomic E-state index is 0.529. The van der Waals surface area contributed by atoms with E-state index in [1.165, 1.54) is 5.56 Å². The summed E-state index contributed by atoms with van der Waals surface area (Å²) in [4.78, 5) is 0. The molecule has 0 radical (unpaired) electrons. The van der Waals surface area contributed by atoms with E-state index in [1.807, 2.05) is 34.9 Å². The molecule has 1 N–H and O–H groups in total. The molecule has 0 aliphatic carbocycles. The molecule has 112 valence electrons. The van der Waals surface area contributed by atoms with Crippen LogP contribution in [0.2, 0.25) is 10.0 Å². The lowest BCUT2D eigenvalue weighted by Crippen LogP contribution is -2.03. The second-order valence-corrected chi connectivity index (χ2v) is 6.15. The Bertz CT molecular complexity index is 820. The lowest BCUT2D eigenvalue weighted by atomic mass is 10.1. The van der Waals surface area contributed by atoms with E-state index in [0.29, 0.717) is 14.8 Å². The summed E-state index contributed by atoms with van der Waals surface area (Å²) in [6, 6.07) is 15.6. The Labute approximate surface area is 143 Å². The molecule has 0 saturated heterocycles. The summed E-state index contributed by atoms with van der Waals surface area (Å²) in [6.07, 6.45) is 1.65. The number of rotatable bonds is 4. The van der Waals surface area contributed by atoms with Crippen LogP contribution in [0.5, 0.6) is 0 Å². The van der Waals surface area contributed by atoms with Gasteiger partial charge in [0.05, 0.1) is 5.69 Å². The zero-order chi connectivity index (χ0) is 15.5. The van der Waals surface area contributed by atoms with Gasteiger partial charge in [0.1, 0.15) is 5.82 Å². The second-order valence-electron chi connectivity index (χ2n) is 4.89. The average molecular weight is 350 g/mol. The van der Waals surface area contributed by atoms with Gasteiger partial charge in [0, 0.05) is 16.5 Å². The van der Waals surface area contributed by atoms with Gasteiger partial charge in [-0.1, -0.05) is 53.5 Å². The second kappa shape index (κ2) is 6.65. The van der Waals surface area contributed by atoms with Crippen molar-refractivity contribution in [2.45, 2.75) is 12.8 Å². The number of nitrogens with zero attached hydrogens (tertiary/aromatic N) is 2. The SMILES string of the molecule is S=c1[nH]nc(CCc2ccccc2)n1-c1cc(Cl)cc(Cl)c1. The highest BCUT2D eigenvalue weighted by molar-refractivity contribution is 7.71. The summed E-state index contributed by atoms with van der Waals surface area (Å²) in [5, 5.41) is 8.30. The van der Waals surface area contributed by atoms with Gasteiger partial charge in [-0.3, -0.25) is 9.67 Å². The van der Waals surface area contributed by atoms with E-state index in [4.69, 9.17) is 35.4 Å². The number of aromatic nitrogens is 3. The Morgan fingerprint density at radius 3 is 2.36 bits per heavy atom. The quantitative estimate of drug-likeness (QED) is 0.670. The molecule has 2 aromatic carbocycles. The number of hydrogen-bond acceptors (Lipinski definition) is 2. The normalized spacial score (nSPS) is 10.8. The Kier molecular flexibility index (Phi) is 4.62. The van der Waals surface area contributed by atoms with Gasteiger partial charge < -0.3 is 0 Å². The smallest absolute Gasteiger partial charge is 0.199 e. The van der Waals surface area contributed by atoms with Gasteiger partial charge in [0.2, 0.25) is 0 Å². The van der Waals surface area contributed by atoms with Crippen molar-refractivity contribution in [2.24, 2.45) is 0 Å². The summed E-state index contributed by atoms with van der Waals surface area (Å²) in [5.74, 6) is 0.854. The first kappa shape index (κ1) is 15.3. The van der Waals surface area contributed by atoms with E-state index < -0.39 is 0 Å². The molecule has 22 heavy (non-hydrogen) atoms. The van der Waals surface area contributed by atoms with Crippen molar-refractivity contribution in [1.29, 1.82) is 0 Å². The molecule has 3 aromatic rings. The maximum Gasteiger partial charge on any atom is 0.199 e. The minimum atomic E-state index is 0.529. The zero-order valence-corrected chi connectivity index (χ0v) is 13.9. The van der Waals surface area contributed by atoms with Crippen LogP contribution in [0.1, 0.15) is 11.4 Å². The predicted molar refractivity (Wildman–Crippen MR) is 92.6 cm³/mol. The summed E-state index contributed by atoms with van der Waals surface area (Å²) >= 11 is 17.5. The third-order valence-corrected chi connectivity index (χ3v) is 4.04. The molecule has 1 aromatic heterocycles. The van der Waals surface area contributed by atoms with Crippen molar-refractivity contribution < 1.29 is 0 Å². The highest BCUT2D eigenvalue weighted by Crippen LogP contribution is 2.23. The van der Waals surface area contributed by atoms with Crippen LogP contribution in [0.3, 0.4) is 0 Å². The van der Waals surface area contributed by atoms with Crippen molar-refractivity contribution in [3.8, 4) is 5.69 Å². The summed E-state index contributed by atoms with van der Waals surface area (Å²) in [6.45, 7) is 0. The first-order valence-electron chi connectivity index (χ1n) is 6.80. The van der Waals surface area contributed by atoms with Crippen LogP contribution in [-0.2, 0) is 12.8 Å². The first-order chi connectivity index (χ1) is 10.6. The number of aromatic amines is 1. The average Bonchev–Trinajstić information content (AvgIpc) is 2.86. The van der Waals surface area contributed by atoms with E-state index in [-0.39, 0.29) is 0 Å². The van der Waals surface area contributed by atoms with E-state index in [9.17, 15) is 0 Å². The Morgan fingerprint density at radius 2 is 1.68 bits per heavy atom.